The number of aromatic nitrogens is 1. The summed E-state index contributed by atoms with van der Waals surface area (Å²) in [6.45, 7) is 5.62. The summed E-state index contributed by atoms with van der Waals surface area (Å²) in [5.74, 6) is 0. The van der Waals surface area contributed by atoms with Gasteiger partial charge in [0.05, 0.1) is 0 Å². The number of nitrogens with one attached hydrogen (secondary N) is 1. The first-order valence-corrected chi connectivity index (χ1v) is 6.86. The smallest absolute Gasteiger partial charge is 0.181 e. The summed E-state index contributed by atoms with van der Waals surface area (Å²) in [6, 6.07) is 6.80. The summed E-state index contributed by atoms with van der Waals surface area (Å²) in [7, 11) is 2.17. The van der Waals surface area contributed by atoms with Crippen molar-refractivity contribution >= 4 is 16.8 Å². The maximum atomic E-state index is 5.39. The third-order valence-corrected chi connectivity index (χ3v) is 4.10. The first kappa shape index (κ1) is 12.5. The lowest BCUT2D eigenvalue weighted by Gasteiger charge is -2.41. The third kappa shape index (κ3) is 2.45. The van der Waals surface area contributed by atoms with Crippen molar-refractivity contribution in [1.82, 2.24) is 10.3 Å². The van der Waals surface area contributed by atoms with Gasteiger partial charge in [-0.1, -0.05) is 0 Å². The fraction of sp³-hybridized carbons (Fsp3) is 0.533. The van der Waals surface area contributed by atoms with Crippen LogP contribution in [-0.2, 0) is 0 Å². The summed E-state index contributed by atoms with van der Waals surface area (Å²) in [5, 5.41) is 3.56. The molecule has 2 aromatic rings. The van der Waals surface area contributed by atoms with Crippen molar-refractivity contribution in [3.63, 3.8) is 0 Å². The first-order valence-electron chi connectivity index (χ1n) is 6.86. The van der Waals surface area contributed by atoms with E-state index in [0.29, 0.717) is 6.04 Å². The van der Waals surface area contributed by atoms with Crippen LogP contribution in [0.1, 0.15) is 26.7 Å². The molecule has 0 saturated carbocycles. The average molecular weight is 259 g/mol. The van der Waals surface area contributed by atoms with Gasteiger partial charge in [-0.15, -0.1) is 0 Å². The summed E-state index contributed by atoms with van der Waals surface area (Å²) in [4.78, 5) is 6.53. The Kier molecular flexibility index (Phi) is 2.97. The normalized spacial score (nSPS) is 22.6. The van der Waals surface area contributed by atoms with Crippen molar-refractivity contribution in [1.29, 1.82) is 0 Å². The van der Waals surface area contributed by atoms with Crippen LogP contribution < -0.4 is 10.2 Å². The minimum absolute atomic E-state index is 0.216. The molecular weight excluding hydrogens is 238 g/mol. The molecular formula is C15H21N3O. The van der Waals surface area contributed by atoms with E-state index < -0.39 is 0 Å². The SMILES string of the molecule is CN(c1ccc2ncoc2c1)C1CCNC(C)(C)C1. The average Bonchev–Trinajstić information content (AvgIpc) is 2.83. The number of rotatable bonds is 2. The molecule has 1 aliphatic heterocycles. The van der Waals surface area contributed by atoms with Crippen molar-refractivity contribution in [2.45, 2.75) is 38.3 Å². The van der Waals surface area contributed by atoms with Crippen molar-refractivity contribution < 1.29 is 4.42 Å². The number of benzene rings is 1. The van der Waals surface area contributed by atoms with E-state index in [9.17, 15) is 0 Å². The molecule has 0 spiro atoms. The zero-order chi connectivity index (χ0) is 13.5. The quantitative estimate of drug-likeness (QED) is 0.900. The maximum Gasteiger partial charge on any atom is 0.181 e. The molecule has 1 unspecified atom stereocenters. The Hall–Kier alpha value is -1.55. The number of hydrogen-bond donors (Lipinski definition) is 1. The molecule has 1 aliphatic rings. The third-order valence-electron chi connectivity index (χ3n) is 4.10. The van der Waals surface area contributed by atoms with Crippen LogP contribution >= 0.6 is 0 Å². The predicted molar refractivity (Wildman–Crippen MR) is 77.5 cm³/mol. The number of oxazole rings is 1. The Balaban J connectivity index is 1.84. The lowest BCUT2D eigenvalue weighted by Crippen LogP contribution is -2.52. The van der Waals surface area contributed by atoms with Gasteiger partial charge >= 0.3 is 0 Å². The Labute approximate surface area is 113 Å². The van der Waals surface area contributed by atoms with E-state index in [1.165, 1.54) is 18.5 Å². The largest absolute Gasteiger partial charge is 0.443 e. The van der Waals surface area contributed by atoms with E-state index in [-0.39, 0.29) is 5.54 Å². The molecule has 0 bridgehead atoms. The highest BCUT2D eigenvalue weighted by atomic mass is 16.3. The van der Waals surface area contributed by atoms with Gasteiger partial charge in [-0.05, 0) is 45.4 Å². The second-order valence-corrected chi connectivity index (χ2v) is 6.07. The van der Waals surface area contributed by atoms with Crippen molar-refractivity contribution in [3.05, 3.63) is 24.6 Å². The summed E-state index contributed by atoms with van der Waals surface area (Å²) in [6.07, 6.45) is 3.83. The molecule has 2 heterocycles. The van der Waals surface area contributed by atoms with Crippen molar-refractivity contribution in [2.24, 2.45) is 0 Å². The number of nitrogens with zero attached hydrogens (tertiary/aromatic N) is 2. The molecule has 1 fully saturated rings. The van der Waals surface area contributed by atoms with Gasteiger partial charge in [0.15, 0.2) is 12.0 Å². The van der Waals surface area contributed by atoms with Crippen LogP contribution in [-0.4, -0.2) is 30.2 Å². The summed E-state index contributed by atoms with van der Waals surface area (Å²) in [5.41, 5.74) is 3.19. The molecule has 4 heteroatoms. The first-order chi connectivity index (χ1) is 9.05. The minimum atomic E-state index is 0.216. The molecule has 1 aromatic carbocycles. The van der Waals surface area contributed by atoms with Gasteiger partial charge in [-0.3, -0.25) is 0 Å². The van der Waals surface area contributed by atoms with Gasteiger partial charge in [0.1, 0.15) is 5.52 Å². The van der Waals surface area contributed by atoms with E-state index in [1.807, 2.05) is 6.07 Å². The molecule has 1 atom stereocenters. The summed E-state index contributed by atoms with van der Waals surface area (Å²) < 4.78 is 5.39. The van der Waals surface area contributed by atoms with Gasteiger partial charge in [0.25, 0.3) is 0 Å². The topological polar surface area (TPSA) is 41.3 Å². The standard InChI is InChI=1S/C15H21N3O/c1-15(2)9-12(6-7-17-15)18(3)11-4-5-13-14(8-11)19-10-16-13/h4-5,8,10,12,17H,6-7,9H2,1-3H3. The van der Waals surface area contributed by atoms with Gasteiger partial charge < -0.3 is 14.6 Å². The molecule has 0 aliphatic carbocycles. The van der Waals surface area contributed by atoms with Crippen LogP contribution in [0.5, 0.6) is 0 Å². The Morgan fingerprint density at radius 1 is 1.42 bits per heavy atom. The Morgan fingerprint density at radius 2 is 2.26 bits per heavy atom. The Bertz CT molecular complexity index is 576. The molecule has 3 rings (SSSR count). The molecule has 0 amide bonds. The molecule has 1 N–H and O–H groups in total. The lowest BCUT2D eigenvalue weighted by molar-refractivity contribution is 0.272. The highest BCUT2D eigenvalue weighted by Crippen LogP contribution is 2.28. The van der Waals surface area contributed by atoms with E-state index in [2.05, 4.69) is 48.2 Å². The fourth-order valence-electron chi connectivity index (χ4n) is 2.95. The summed E-state index contributed by atoms with van der Waals surface area (Å²) >= 11 is 0. The number of hydrogen-bond acceptors (Lipinski definition) is 4. The van der Waals surface area contributed by atoms with Gasteiger partial charge in [-0.2, -0.15) is 0 Å². The van der Waals surface area contributed by atoms with Gasteiger partial charge in [0.2, 0.25) is 0 Å². The highest BCUT2D eigenvalue weighted by molar-refractivity contribution is 5.77. The molecule has 1 saturated heterocycles. The number of anilines is 1. The van der Waals surface area contributed by atoms with E-state index in [4.69, 9.17) is 4.42 Å². The number of fused-ring (bicyclic) bond motifs is 1. The zero-order valence-corrected chi connectivity index (χ0v) is 11.8. The lowest BCUT2D eigenvalue weighted by atomic mass is 9.88. The van der Waals surface area contributed by atoms with Crippen molar-refractivity contribution in [2.75, 3.05) is 18.5 Å². The van der Waals surface area contributed by atoms with Crippen LogP contribution in [0.3, 0.4) is 0 Å². The number of piperidine rings is 1. The van der Waals surface area contributed by atoms with Crippen molar-refractivity contribution in [3.8, 4) is 0 Å². The highest BCUT2D eigenvalue weighted by Gasteiger charge is 2.29. The molecule has 0 radical (unpaired) electrons. The van der Waals surface area contributed by atoms with Crippen LogP contribution in [0, 0.1) is 0 Å². The monoisotopic (exact) mass is 259 g/mol. The van der Waals surface area contributed by atoms with E-state index in [0.717, 1.165) is 24.1 Å². The van der Waals surface area contributed by atoms with E-state index in [1.54, 1.807) is 0 Å². The van der Waals surface area contributed by atoms with Gasteiger partial charge in [-0.25, -0.2) is 4.98 Å². The van der Waals surface area contributed by atoms with Crippen LogP contribution in [0.2, 0.25) is 0 Å². The molecule has 19 heavy (non-hydrogen) atoms. The maximum absolute atomic E-state index is 5.39. The van der Waals surface area contributed by atoms with E-state index >= 15 is 0 Å². The molecule has 1 aromatic heterocycles. The van der Waals surface area contributed by atoms with Crippen LogP contribution in [0.15, 0.2) is 29.0 Å². The Morgan fingerprint density at radius 3 is 3.05 bits per heavy atom. The second kappa shape index (κ2) is 4.53. The molecule has 4 nitrogen and oxygen atoms in total. The minimum Gasteiger partial charge on any atom is -0.443 e. The van der Waals surface area contributed by atoms with Crippen LogP contribution in [0.4, 0.5) is 5.69 Å². The van der Waals surface area contributed by atoms with Crippen LogP contribution in [0.25, 0.3) is 11.1 Å². The van der Waals surface area contributed by atoms with Gasteiger partial charge in [0, 0.05) is 30.4 Å². The predicted octanol–water partition coefficient (Wildman–Crippen LogP) is 2.79. The zero-order valence-electron chi connectivity index (χ0n) is 11.8. The molecule has 102 valence electrons. The second-order valence-electron chi connectivity index (χ2n) is 6.07. The fourth-order valence-corrected chi connectivity index (χ4v) is 2.95.